The molecule has 0 saturated heterocycles. The zero-order valence-corrected chi connectivity index (χ0v) is 13.3. The van der Waals surface area contributed by atoms with Gasteiger partial charge in [0.2, 0.25) is 15.1 Å². The average Bonchev–Trinajstić information content (AvgIpc) is 2.40. The van der Waals surface area contributed by atoms with Crippen LogP contribution in [0.1, 0.15) is 13.3 Å². The van der Waals surface area contributed by atoms with Gasteiger partial charge in [-0.25, -0.2) is 8.42 Å². The molecule has 0 radical (unpaired) electrons. The van der Waals surface area contributed by atoms with Gasteiger partial charge in [0.1, 0.15) is 0 Å². The maximum absolute atomic E-state index is 12.3. The van der Waals surface area contributed by atoms with Gasteiger partial charge in [0.05, 0.1) is 16.7 Å². The molecule has 0 aromatic heterocycles. The molecule has 0 aliphatic carbocycles. The molecule has 1 unspecified atom stereocenters. The van der Waals surface area contributed by atoms with Crippen LogP contribution in [0, 0.1) is 11.3 Å². The van der Waals surface area contributed by atoms with E-state index in [2.05, 4.69) is 0 Å². The number of carbonyl (C=O) groups excluding carboxylic acids is 1. The Labute approximate surface area is 128 Å². The monoisotopic (exact) mass is 331 g/mol. The highest BCUT2D eigenvalue weighted by atomic mass is 35.5. The van der Waals surface area contributed by atoms with Crippen molar-refractivity contribution >= 4 is 39.0 Å². The second-order valence-electron chi connectivity index (χ2n) is 4.03. The van der Waals surface area contributed by atoms with E-state index in [1.54, 1.807) is 6.07 Å². The summed E-state index contributed by atoms with van der Waals surface area (Å²) in [6, 6.07) is 7.03. The highest BCUT2D eigenvalue weighted by Crippen LogP contribution is 2.20. The first kappa shape index (κ1) is 17.0. The summed E-state index contributed by atoms with van der Waals surface area (Å²) >= 11 is 7.02. The molecule has 0 N–H and O–H groups in total. The quantitative estimate of drug-likeness (QED) is 0.718. The molecule has 0 aliphatic rings. The van der Waals surface area contributed by atoms with Crippen LogP contribution in [0.4, 0.5) is 0 Å². The number of halogens is 1. The van der Waals surface area contributed by atoms with Gasteiger partial charge < -0.3 is 0 Å². The van der Waals surface area contributed by atoms with Crippen molar-refractivity contribution in [2.45, 2.75) is 23.5 Å². The van der Waals surface area contributed by atoms with Crippen LogP contribution in [-0.2, 0) is 14.6 Å². The number of nitrogens with zero attached hydrogens (tertiary/aromatic N) is 1. The molecular weight excluding hydrogens is 318 g/mol. The molecule has 108 valence electrons. The Morgan fingerprint density at radius 3 is 2.50 bits per heavy atom. The van der Waals surface area contributed by atoms with Crippen molar-refractivity contribution in [1.29, 1.82) is 5.26 Å². The van der Waals surface area contributed by atoms with Crippen LogP contribution < -0.4 is 0 Å². The molecule has 20 heavy (non-hydrogen) atoms. The first-order valence-electron chi connectivity index (χ1n) is 5.93. The van der Waals surface area contributed by atoms with Crippen molar-refractivity contribution in [3.63, 3.8) is 0 Å². The molecule has 0 amide bonds. The van der Waals surface area contributed by atoms with E-state index >= 15 is 0 Å². The van der Waals surface area contributed by atoms with Crippen molar-refractivity contribution in [1.82, 2.24) is 0 Å². The van der Waals surface area contributed by atoms with Gasteiger partial charge in [0, 0.05) is 5.02 Å². The average molecular weight is 332 g/mol. The minimum Gasteiger partial charge on any atom is -0.296 e. The maximum atomic E-state index is 12.3. The summed E-state index contributed by atoms with van der Waals surface area (Å²) < 4.78 is 24.5. The van der Waals surface area contributed by atoms with Gasteiger partial charge in [0.25, 0.3) is 0 Å². The van der Waals surface area contributed by atoms with E-state index < -0.39 is 20.9 Å². The molecule has 0 spiro atoms. The molecule has 0 bridgehead atoms. The molecule has 4 nitrogen and oxygen atoms in total. The number of rotatable bonds is 7. The van der Waals surface area contributed by atoms with Gasteiger partial charge in [-0.3, -0.25) is 4.79 Å². The normalized spacial score (nSPS) is 12.7. The van der Waals surface area contributed by atoms with Crippen LogP contribution in [-0.4, -0.2) is 31.0 Å². The van der Waals surface area contributed by atoms with E-state index in [4.69, 9.17) is 16.9 Å². The number of hydrogen-bond acceptors (Lipinski definition) is 5. The predicted octanol–water partition coefficient (Wildman–Crippen LogP) is 2.72. The summed E-state index contributed by atoms with van der Waals surface area (Å²) in [5.41, 5.74) is 0. The number of ketones is 1. The van der Waals surface area contributed by atoms with Crippen LogP contribution >= 0.6 is 23.4 Å². The zero-order chi connectivity index (χ0) is 15.2. The Morgan fingerprint density at radius 1 is 1.40 bits per heavy atom. The van der Waals surface area contributed by atoms with Crippen molar-refractivity contribution in [3.8, 4) is 6.07 Å². The predicted molar refractivity (Wildman–Crippen MR) is 80.7 cm³/mol. The lowest BCUT2D eigenvalue weighted by Crippen LogP contribution is -2.30. The van der Waals surface area contributed by atoms with Crippen LogP contribution in [0.15, 0.2) is 29.2 Å². The van der Waals surface area contributed by atoms with E-state index in [0.717, 1.165) is 12.2 Å². The highest BCUT2D eigenvalue weighted by molar-refractivity contribution is 8.00. The SMILES string of the molecule is CCCSCC(=O)C(C#N)S(=O)(=O)c1ccc(Cl)cc1. The Kier molecular flexibility index (Phi) is 6.53. The smallest absolute Gasteiger partial charge is 0.211 e. The van der Waals surface area contributed by atoms with Gasteiger partial charge >= 0.3 is 0 Å². The summed E-state index contributed by atoms with van der Waals surface area (Å²) in [6.45, 7) is 1.96. The molecule has 0 fully saturated rings. The van der Waals surface area contributed by atoms with Crippen molar-refractivity contribution in [3.05, 3.63) is 29.3 Å². The molecule has 1 rings (SSSR count). The highest BCUT2D eigenvalue weighted by Gasteiger charge is 2.33. The minimum absolute atomic E-state index is 0.0267. The summed E-state index contributed by atoms with van der Waals surface area (Å²) in [4.78, 5) is 11.8. The van der Waals surface area contributed by atoms with Crippen molar-refractivity contribution < 1.29 is 13.2 Å². The largest absolute Gasteiger partial charge is 0.296 e. The third kappa shape index (κ3) is 4.23. The van der Waals surface area contributed by atoms with Gasteiger partial charge in [-0.1, -0.05) is 18.5 Å². The Balaban J connectivity index is 2.96. The number of nitriles is 1. The number of hydrogen-bond donors (Lipinski definition) is 0. The first-order valence-corrected chi connectivity index (χ1v) is 9.01. The Hall–Kier alpha value is -1.03. The van der Waals surface area contributed by atoms with Crippen LogP contribution in [0.25, 0.3) is 0 Å². The fraction of sp³-hybridized carbons (Fsp3) is 0.385. The van der Waals surface area contributed by atoms with Crippen LogP contribution in [0.2, 0.25) is 5.02 Å². The second-order valence-corrected chi connectivity index (χ2v) is 7.60. The third-order valence-corrected chi connectivity index (χ3v) is 5.81. The lowest BCUT2D eigenvalue weighted by atomic mass is 10.3. The van der Waals surface area contributed by atoms with Gasteiger partial charge in [-0.15, -0.1) is 0 Å². The Morgan fingerprint density at radius 2 is 2.00 bits per heavy atom. The van der Waals surface area contributed by atoms with E-state index in [9.17, 15) is 13.2 Å². The number of Topliss-reactive ketones (excluding diaryl/α,β-unsaturated/α-hetero) is 1. The number of sulfone groups is 1. The minimum atomic E-state index is -3.99. The van der Waals surface area contributed by atoms with E-state index in [0.29, 0.717) is 5.02 Å². The molecule has 1 aromatic rings. The second kappa shape index (κ2) is 7.67. The summed E-state index contributed by atoms with van der Waals surface area (Å²) in [5, 5.41) is 7.75. The fourth-order valence-electron chi connectivity index (χ4n) is 1.47. The molecule has 1 atom stereocenters. The van der Waals surface area contributed by atoms with Crippen molar-refractivity contribution in [2.75, 3.05) is 11.5 Å². The lowest BCUT2D eigenvalue weighted by molar-refractivity contribution is -0.115. The topological polar surface area (TPSA) is 75.0 Å². The first-order chi connectivity index (χ1) is 9.43. The standard InChI is InChI=1S/C13H14ClNO3S2/c1-2-7-19-9-12(16)13(8-15)20(17,18)11-5-3-10(14)4-6-11/h3-6,13H,2,7,9H2,1H3. The molecule has 0 aliphatic heterocycles. The Bertz CT molecular complexity index is 605. The summed E-state index contributed by atoms with van der Waals surface area (Å²) in [6.07, 6.45) is 0.888. The van der Waals surface area contributed by atoms with Gasteiger partial charge in [-0.2, -0.15) is 17.0 Å². The zero-order valence-electron chi connectivity index (χ0n) is 10.9. The molecule has 0 heterocycles. The maximum Gasteiger partial charge on any atom is 0.211 e. The van der Waals surface area contributed by atoms with Crippen LogP contribution in [0.3, 0.4) is 0 Å². The number of benzene rings is 1. The van der Waals surface area contributed by atoms with Crippen molar-refractivity contribution in [2.24, 2.45) is 0 Å². The summed E-state index contributed by atoms with van der Waals surface area (Å²) in [7, 11) is -3.99. The molecule has 7 heteroatoms. The number of carbonyl (C=O) groups is 1. The lowest BCUT2D eigenvalue weighted by Gasteiger charge is -2.10. The third-order valence-electron chi connectivity index (χ3n) is 2.45. The van der Waals surface area contributed by atoms with Gasteiger partial charge in [-0.05, 0) is 36.4 Å². The van der Waals surface area contributed by atoms with E-state index in [-0.39, 0.29) is 10.6 Å². The molecule has 0 saturated carbocycles. The van der Waals surface area contributed by atoms with E-state index in [1.807, 2.05) is 6.92 Å². The van der Waals surface area contributed by atoms with Crippen LogP contribution in [0.5, 0.6) is 0 Å². The van der Waals surface area contributed by atoms with E-state index in [1.165, 1.54) is 36.0 Å². The molecule has 1 aromatic carbocycles. The molecular formula is C13H14ClNO3S2. The fourth-order valence-corrected chi connectivity index (χ4v) is 3.86. The number of thioether (sulfide) groups is 1. The van der Waals surface area contributed by atoms with Gasteiger partial charge in [0.15, 0.2) is 5.78 Å². The summed E-state index contributed by atoms with van der Waals surface area (Å²) in [5.74, 6) is 0.199.